The van der Waals surface area contributed by atoms with Crippen LogP contribution in [0.2, 0.25) is 0 Å². The zero-order valence-corrected chi connectivity index (χ0v) is 11.7. The van der Waals surface area contributed by atoms with E-state index in [0.717, 1.165) is 11.1 Å². The van der Waals surface area contributed by atoms with Crippen LogP contribution >= 0.6 is 0 Å². The Balaban J connectivity index is 1.82. The fourth-order valence-electron chi connectivity index (χ4n) is 2.55. The Morgan fingerprint density at radius 1 is 0.952 bits per heavy atom. The van der Waals surface area contributed by atoms with Crippen molar-refractivity contribution in [2.45, 2.75) is 13.1 Å². The van der Waals surface area contributed by atoms with Crippen molar-refractivity contribution in [3.8, 4) is 0 Å². The number of rotatable bonds is 2. The molecule has 0 bridgehead atoms. The van der Waals surface area contributed by atoms with Crippen molar-refractivity contribution in [1.29, 1.82) is 0 Å². The fourth-order valence-corrected chi connectivity index (χ4v) is 2.55. The smallest absolute Gasteiger partial charge is 0.337 e. The normalized spacial score (nSPS) is 12.9. The summed E-state index contributed by atoms with van der Waals surface area (Å²) in [5.41, 5.74) is 3.28. The van der Waals surface area contributed by atoms with Gasteiger partial charge in [-0.3, -0.25) is 4.79 Å². The topological polar surface area (TPSA) is 46.6 Å². The van der Waals surface area contributed by atoms with Crippen molar-refractivity contribution in [3.63, 3.8) is 0 Å². The van der Waals surface area contributed by atoms with Gasteiger partial charge in [0, 0.05) is 18.7 Å². The first-order valence-corrected chi connectivity index (χ1v) is 6.73. The van der Waals surface area contributed by atoms with Gasteiger partial charge in [-0.05, 0) is 35.4 Å². The molecule has 2 aromatic carbocycles. The number of fused-ring (bicyclic) bond motifs is 1. The number of benzene rings is 2. The zero-order chi connectivity index (χ0) is 14.8. The minimum Gasteiger partial charge on any atom is -0.465 e. The molecule has 0 saturated carbocycles. The van der Waals surface area contributed by atoms with Crippen LogP contribution in [0.3, 0.4) is 0 Å². The lowest BCUT2D eigenvalue weighted by Gasteiger charge is -2.15. The molecule has 0 N–H and O–H groups in total. The third-order valence-electron chi connectivity index (χ3n) is 3.66. The van der Waals surface area contributed by atoms with Crippen LogP contribution in [0.1, 0.15) is 31.8 Å². The van der Waals surface area contributed by atoms with Crippen LogP contribution in [0.15, 0.2) is 48.5 Å². The minimum atomic E-state index is -0.356. The molecule has 0 spiro atoms. The van der Waals surface area contributed by atoms with Gasteiger partial charge in [-0.15, -0.1) is 0 Å². The maximum absolute atomic E-state index is 12.4. The number of methoxy groups -OCH3 is 1. The molecular weight excluding hydrogens is 266 g/mol. The highest BCUT2D eigenvalue weighted by molar-refractivity contribution is 5.94. The van der Waals surface area contributed by atoms with Gasteiger partial charge < -0.3 is 9.64 Å². The van der Waals surface area contributed by atoms with Gasteiger partial charge in [-0.25, -0.2) is 4.79 Å². The van der Waals surface area contributed by atoms with Gasteiger partial charge in [0.25, 0.3) is 5.91 Å². The van der Waals surface area contributed by atoms with E-state index in [1.165, 1.54) is 7.11 Å². The van der Waals surface area contributed by atoms with Crippen molar-refractivity contribution in [3.05, 3.63) is 70.8 Å². The molecule has 0 aliphatic carbocycles. The molecule has 106 valence electrons. The molecule has 0 unspecified atom stereocenters. The van der Waals surface area contributed by atoms with E-state index in [1.54, 1.807) is 17.0 Å². The number of esters is 1. The van der Waals surface area contributed by atoms with Crippen molar-refractivity contribution < 1.29 is 14.3 Å². The Morgan fingerprint density at radius 2 is 1.67 bits per heavy atom. The number of amides is 1. The van der Waals surface area contributed by atoms with Gasteiger partial charge in [0.1, 0.15) is 0 Å². The number of nitrogens with zero attached hydrogens (tertiary/aromatic N) is 1. The van der Waals surface area contributed by atoms with Crippen molar-refractivity contribution in [2.75, 3.05) is 7.11 Å². The van der Waals surface area contributed by atoms with Gasteiger partial charge >= 0.3 is 5.97 Å². The van der Waals surface area contributed by atoms with E-state index in [0.29, 0.717) is 24.2 Å². The lowest BCUT2D eigenvalue weighted by atomic mass is 10.1. The molecule has 21 heavy (non-hydrogen) atoms. The summed E-state index contributed by atoms with van der Waals surface area (Å²) < 4.78 is 4.72. The van der Waals surface area contributed by atoms with E-state index in [-0.39, 0.29) is 11.9 Å². The molecule has 0 saturated heterocycles. The molecule has 2 aromatic rings. The minimum absolute atomic E-state index is 0.00594. The highest BCUT2D eigenvalue weighted by Crippen LogP contribution is 2.25. The first kappa shape index (κ1) is 13.4. The first-order valence-electron chi connectivity index (χ1n) is 6.73. The summed E-state index contributed by atoms with van der Waals surface area (Å²) in [6.45, 7) is 1.10. The second-order valence-electron chi connectivity index (χ2n) is 5.00. The number of hydrogen-bond donors (Lipinski definition) is 0. The summed E-state index contributed by atoms with van der Waals surface area (Å²) in [5.74, 6) is -0.350. The molecule has 1 aliphatic heterocycles. The third kappa shape index (κ3) is 2.52. The van der Waals surface area contributed by atoms with Crippen molar-refractivity contribution in [2.24, 2.45) is 0 Å². The summed E-state index contributed by atoms with van der Waals surface area (Å²) >= 11 is 0. The summed E-state index contributed by atoms with van der Waals surface area (Å²) in [6.07, 6.45) is 0. The second-order valence-corrected chi connectivity index (χ2v) is 5.00. The Labute approximate surface area is 123 Å². The zero-order valence-electron chi connectivity index (χ0n) is 11.7. The predicted octanol–water partition coefficient (Wildman–Crippen LogP) is 2.63. The maximum atomic E-state index is 12.4. The lowest BCUT2D eigenvalue weighted by Crippen LogP contribution is -2.25. The molecule has 0 atom stereocenters. The highest BCUT2D eigenvalue weighted by Gasteiger charge is 2.25. The Kier molecular flexibility index (Phi) is 3.44. The molecule has 1 aliphatic rings. The van der Waals surface area contributed by atoms with E-state index in [9.17, 15) is 9.59 Å². The van der Waals surface area contributed by atoms with Crippen LogP contribution in [0, 0.1) is 0 Å². The van der Waals surface area contributed by atoms with E-state index in [1.807, 2.05) is 36.4 Å². The monoisotopic (exact) mass is 281 g/mol. The molecule has 0 aromatic heterocycles. The van der Waals surface area contributed by atoms with Crippen LogP contribution in [-0.4, -0.2) is 23.9 Å². The number of ether oxygens (including phenoxy) is 1. The van der Waals surface area contributed by atoms with Gasteiger partial charge in [0.2, 0.25) is 0 Å². The van der Waals surface area contributed by atoms with E-state index in [4.69, 9.17) is 4.74 Å². The predicted molar refractivity (Wildman–Crippen MR) is 77.8 cm³/mol. The standard InChI is InChI=1S/C17H15NO3/c1-21-17(20)13-7-8-14-10-18(11-15(14)9-13)16(19)12-5-3-2-4-6-12/h2-9H,10-11H2,1H3. The van der Waals surface area contributed by atoms with Crippen LogP contribution in [-0.2, 0) is 17.8 Å². The van der Waals surface area contributed by atoms with Crippen molar-refractivity contribution >= 4 is 11.9 Å². The Morgan fingerprint density at radius 3 is 2.38 bits per heavy atom. The number of hydrogen-bond acceptors (Lipinski definition) is 3. The number of carbonyl (C=O) groups is 2. The summed E-state index contributed by atoms with van der Waals surface area (Å²) in [7, 11) is 1.36. The first-order chi connectivity index (χ1) is 10.2. The molecule has 0 fully saturated rings. The lowest BCUT2D eigenvalue weighted by molar-refractivity contribution is 0.0600. The maximum Gasteiger partial charge on any atom is 0.337 e. The summed E-state index contributed by atoms with van der Waals surface area (Å²) in [4.78, 5) is 25.8. The van der Waals surface area contributed by atoms with Gasteiger partial charge in [-0.1, -0.05) is 24.3 Å². The summed E-state index contributed by atoms with van der Waals surface area (Å²) in [5, 5.41) is 0. The van der Waals surface area contributed by atoms with Crippen LogP contribution in [0.4, 0.5) is 0 Å². The van der Waals surface area contributed by atoms with E-state index < -0.39 is 0 Å². The third-order valence-corrected chi connectivity index (χ3v) is 3.66. The van der Waals surface area contributed by atoms with E-state index in [2.05, 4.69) is 0 Å². The second kappa shape index (κ2) is 5.40. The molecule has 0 radical (unpaired) electrons. The number of carbonyl (C=O) groups excluding carboxylic acids is 2. The van der Waals surface area contributed by atoms with Crippen LogP contribution in [0.25, 0.3) is 0 Å². The average Bonchev–Trinajstić information content (AvgIpc) is 2.97. The summed E-state index contributed by atoms with van der Waals surface area (Å²) in [6, 6.07) is 14.6. The van der Waals surface area contributed by atoms with Crippen LogP contribution < -0.4 is 0 Å². The Hall–Kier alpha value is -2.62. The molecule has 1 amide bonds. The molecule has 4 heteroatoms. The quantitative estimate of drug-likeness (QED) is 0.795. The molecular formula is C17H15NO3. The molecule has 4 nitrogen and oxygen atoms in total. The SMILES string of the molecule is COC(=O)c1ccc2c(c1)CN(C(=O)c1ccccc1)C2. The van der Waals surface area contributed by atoms with E-state index >= 15 is 0 Å². The van der Waals surface area contributed by atoms with Gasteiger partial charge in [-0.2, -0.15) is 0 Å². The molecule has 1 heterocycles. The Bertz CT molecular complexity index is 694. The van der Waals surface area contributed by atoms with Crippen LogP contribution in [0.5, 0.6) is 0 Å². The average molecular weight is 281 g/mol. The molecule has 3 rings (SSSR count). The highest BCUT2D eigenvalue weighted by atomic mass is 16.5. The fraction of sp³-hybridized carbons (Fsp3) is 0.176. The van der Waals surface area contributed by atoms with Gasteiger partial charge in [0.15, 0.2) is 0 Å². The van der Waals surface area contributed by atoms with Crippen molar-refractivity contribution in [1.82, 2.24) is 4.90 Å². The largest absolute Gasteiger partial charge is 0.465 e. The van der Waals surface area contributed by atoms with Gasteiger partial charge in [0.05, 0.1) is 12.7 Å².